The quantitative estimate of drug-likeness (QED) is 0.636. The first kappa shape index (κ1) is 8.46. The predicted molar refractivity (Wildman–Crippen MR) is 39.8 cm³/mol. The van der Waals surface area contributed by atoms with E-state index in [1.54, 1.807) is 4.90 Å². The number of amides is 1. The van der Waals surface area contributed by atoms with Gasteiger partial charge in [0.05, 0.1) is 19.4 Å². The van der Waals surface area contributed by atoms with E-state index in [1.165, 1.54) is 0 Å². The van der Waals surface area contributed by atoms with E-state index in [2.05, 4.69) is 5.32 Å². The zero-order chi connectivity index (χ0) is 8.27. The predicted octanol–water partition coefficient (Wildman–Crippen LogP) is 0.124. The van der Waals surface area contributed by atoms with Crippen LogP contribution in [0.15, 0.2) is 0 Å². The van der Waals surface area contributed by atoms with E-state index in [0.29, 0.717) is 19.5 Å². The highest BCUT2D eigenvalue weighted by Gasteiger charge is 2.25. The van der Waals surface area contributed by atoms with E-state index >= 15 is 0 Å². The van der Waals surface area contributed by atoms with Crippen LogP contribution in [0.5, 0.6) is 0 Å². The molecule has 0 radical (unpaired) electrons. The molecule has 0 bridgehead atoms. The molecule has 64 valence electrons. The Morgan fingerprint density at radius 1 is 1.82 bits per heavy atom. The van der Waals surface area contributed by atoms with E-state index in [0.717, 1.165) is 0 Å². The van der Waals surface area contributed by atoms with Crippen LogP contribution in [0, 0.1) is 0 Å². The minimum Gasteiger partial charge on any atom is -0.326 e. The van der Waals surface area contributed by atoms with Gasteiger partial charge in [0.1, 0.15) is 0 Å². The van der Waals surface area contributed by atoms with Crippen LogP contribution in [-0.2, 0) is 4.79 Å². The van der Waals surface area contributed by atoms with Gasteiger partial charge in [-0.05, 0) is 13.3 Å². The average molecular weight is 160 g/mol. The third-order valence-electron chi connectivity index (χ3n) is 1.87. The van der Waals surface area contributed by atoms with Crippen molar-refractivity contribution >= 4 is 5.91 Å². The van der Waals surface area contributed by atoms with Crippen molar-refractivity contribution in [2.24, 2.45) is 0 Å². The van der Waals surface area contributed by atoms with Gasteiger partial charge in [-0.3, -0.25) is 14.5 Å². The number of carbonyl (C=O) groups excluding carboxylic acids is 1. The van der Waals surface area contributed by atoms with Crippen LogP contribution in [0.25, 0.3) is 0 Å². The second-order valence-corrected chi connectivity index (χ2v) is 2.69. The number of nitrogens with zero attached hydrogens (tertiary/aromatic N) is 1. The van der Waals surface area contributed by atoms with Gasteiger partial charge in [-0.25, -0.2) is 0 Å². The number of hydrogen-bond donors (Lipinski definition) is 1. The summed E-state index contributed by atoms with van der Waals surface area (Å²) in [5, 5.41) is 2.98. The molecule has 0 saturated carbocycles. The van der Waals surface area contributed by atoms with Crippen LogP contribution in [-0.4, -0.2) is 36.7 Å². The van der Waals surface area contributed by atoms with Crippen molar-refractivity contribution in [3.05, 3.63) is 0 Å². The fraction of sp³-hybridized carbons (Fsp3) is 0.857. The third kappa shape index (κ3) is 1.89. The Labute approximate surface area is 65.6 Å². The number of alkyl halides is 1. The topological polar surface area (TPSA) is 32.3 Å². The lowest BCUT2D eigenvalue weighted by atomic mass is 10.4. The Morgan fingerprint density at radius 3 is 3.00 bits per heavy atom. The Balaban J connectivity index is 2.35. The summed E-state index contributed by atoms with van der Waals surface area (Å²) in [6, 6.07) is 0. The lowest BCUT2D eigenvalue weighted by Crippen LogP contribution is -2.35. The van der Waals surface area contributed by atoms with Gasteiger partial charge in [0, 0.05) is 6.54 Å². The maximum absolute atomic E-state index is 11.7. The second-order valence-electron chi connectivity index (χ2n) is 2.69. The summed E-state index contributed by atoms with van der Waals surface area (Å²) < 4.78 is 11.7. The fourth-order valence-corrected chi connectivity index (χ4v) is 1.21. The number of nitrogens with one attached hydrogen (secondary N) is 1. The molecule has 0 aromatic heterocycles. The molecule has 1 saturated heterocycles. The standard InChI is InChI=1S/C7H13FN2O/c1-6-9-5-7(11)10(6)4-2-3-8/h6,9H,2-5H2,1H3. The highest BCUT2D eigenvalue weighted by molar-refractivity contribution is 5.80. The lowest BCUT2D eigenvalue weighted by molar-refractivity contribution is -0.127. The van der Waals surface area contributed by atoms with Crippen molar-refractivity contribution in [1.82, 2.24) is 10.2 Å². The summed E-state index contributed by atoms with van der Waals surface area (Å²) in [4.78, 5) is 12.7. The molecule has 1 unspecified atom stereocenters. The monoisotopic (exact) mass is 160 g/mol. The molecule has 1 fully saturated rings. The molecule has 1 heterocycles. The molecule has 1 rings (SSSR count). The minimum absolute atomic E-state index is 0.0750. The maximum atomic E-state index is 11.7. The first-order valence-corrected chi connectivity index (χ1v) is 3.84. The van der Waals surface area contributed by atoms with Gasteiger partial charge >= 0.3 is 0 Å². The minimum atomic E-state index is -0.351. The van der Waals surface area contributed by atoms with Crippen molar-refractivity contribution in [2.75, 3.05) is 19.8 Å². The summed E-state index contributed by atoms with van der Waals surface area (Å²) in [7, 11) is 0. The van der Waals surface area contributed by atoms with Crippen molar-refractivity contribution in [3.8, 4) is 0 Å². The Hall–Kier alpha value is -0.640. The van der Waals surface area contributed by atoms with Gasteiger partial charge in [0.2, 0.25) is 5.91 Å². The third-order valence-corrected chi connectivity index (χ3v) is 1.87. The first-order chi connectivity index (χ1) is 5.25. The summed E-state index contributed by atoms with van der Waals surface area (Å²) in [5.74, 6) is 0.0750. The van der Waals surface area contributed by atoms with Crippen LogP contribution < -0.4 is 5.32 Å². The molecular formula is C7H13FN2O. The molecule has 1 aliphatic rings. The average Bonchev–Trinajstić information content (AvgIpc) is 2.29. The Bertz CT molecular complexity index is 151. The van der Waals surface area contributed by atoms with E-state index in [9.17, 15) is 9.18 Å². The van der Waals surface area contributed by atoms with Crippen LogP contribution in [0.1, 0.15) is 13.3 Å². The number of carbonyl (C=O) groups is 1. The number of rotatable bonds is 3. The summed E-state index contributed by atoms with van der Waals surface area (Å²) in [5.41, 5.74) is 0. The van der Waals surface area contributed by atoms with Gasteiger partial charge < -0.3 is 4.90 Å². The van der Waals surface area contributed by atoms with E-state index in [4.69, 9.17) is 0 Å². The molecule has 1 amide bonds. The van der Waals surface area contributed by atoms with E-state index in [-0.39, 0.29) is 18.7 Å². The van der Waals surface area contributed by atoms with E-state index in [1.807, 2.05) is 6.92 Å². The normalized spacial score (nSPS) is 24.7. The van der Waals surface area contributed by atoms with Crippen LogP contribution >= 0.6 is 0 Å². The number of halogens is 1. The summed E-state index contributed by atoms with van der Waals surface area (Å²) in [6.45, 7) is 2.48. The molecule has 0 spiro atoms. The molecule has 3 nitrogen and oxygen atoms in total. The number of hydrogen-bond acceptors (Lipinski definition) is 2. The molecular weight excluding hydrogens is 147 g/mol. The van der Waals surface area contributed by atoms with Crippen LogP contribution in [0.3, 0.4) is 0 Å². The van der Waals surface area contributed by atoms with Gasteiger partial charge in [-0.2, -0.15) is 0 Å². The van der Waals surface area contributed by atoms with Gasteiger partial charge in [0.25, 0.3) is 0 Å². The summed E-state index contributed by atoms with van der Waals surface area (Å²) >= 11 is 0. The fourth-order valence-electron chi connectivity index (χ4n) is 1.21. The second kappa shape index (κ2) is 3.67. The highest BCUT2D eigenvalue weighted by atomic mass is 19.1. The van der Waals surface area contributed by atoms with Gasteiger partial charge in [-0.15, -0.1) is 0 Å². The molecule has 1 N–H and O–H groups in total. The van der Waals surface area contributed by atoms with Gasteiger partial charge in [0.15, 0.2) is 0 Å². The van der Waals surface area contributed by atoms with Crippen molar-refractivity contribution in [1.29, 1.82) is 0 Å². The smallest absolute Gasteiger partial charge is 0.237 e. The van der Waals surface area contributed by atoms with Crippen LogP contribution in [0.2, 0.25) is 0 Å². The van der Waals surface area contributed by atoms with Crippen LogP contribution in [0.4, 0.5) is 4.39 Å². The Morgan fingerprint density at radius 2 is 2.55 bits per heavy atom. The molecule has 0 aliphatic carbocycles. The molecule has 4 heteroatoms. The first-order valence-electron chi connectivity index (χ1n) is 3.84. The molecule has 1 atom stereocenters. The van der Waals surface area contributed by atoms with Crippen molar-refractivity contribution in [3.63, 3.8) is 0 Å². The molecule has 11 heavy (non-hydrogen) atoms. The SMILES string of the molecule is CC1NCC(=O)N1CCCF. The lowest BCUT2D eigenvalue weighted by Gasteiger charge is -2.19. The van der Waals surface area contributed by atoms with Crippen molar-refractivity contribution in [2.45, 2.75) is 19.5 Å². The maximum Gasteiger partial charge on any atom is 0.237 e. The largest absolute Gasteiger partial charge is 0.326 e. The van der Waals surface area contributed by atoms with Gasteiger partial charge in [-0.1, -0.05) is 0 Å². The molecule has 1 aliphatic heterocycles. The zero-order valence-electron chi connectivity index (χ0n) is 6.64. The molecule has 0 aromatic rings. The zero-order valence-corrected chi connectivity index (χ0v) is 6.64. The Kier molecular flexibility index (Phi) is 2.82. The van der Waals surface area contributed by atoms with Crippen molar-refractivity contribution < 1.29 is 9.18 Å². The van der Waals surface area contributed by atoms with E-state index < -0.39 is 0 Å². The summed E-state index contributed by atoms with van der Waals surface area (Å²) in [6.07, 6.45) is 0.520. The highest BCUT2D eigenvalue weighted by Crippen LogP contribution is 2.04. The molecule has 0 aromatic carbocycles.